The summed E-state index contributed by atoms with van der Waals surface area (Å²) in [6.07, 6.45) is 5.31. The van der Waals surface area contributed by atoms with Crippen LogP contribution in [-0.4, -0.2) is 23.0 Å². The summed E-state index contributed by atoms with van der Waals surface area (Å²) < 4.78 is 0. The van der Waals surface area contributed by atoms with Gasteiger partial charge in [0.1, 0.15) is 0 Å². The first kappa shape index (κ1) is 14.0. The van der Waals surface area contributed by atoms with Crippen LogP contribution in [0, 0.1) is 0 Å². The van der Waals surface area contributed by atoms with Gasteiger partial charge in [0.25, 0.3) is 0 Å². The van der Waals surface area contributed by atoms with Gasteiger partial charge in [0.05, 0.1) is 0 Å². The summed E-state index contributed by atoms with van der Waals surface area (Å²) >= 11 is 0. The highest BCUT2D eigenvalue weighted by atomic mass is 15.2. The number of likely N-dealkylation sites (tertiary alicyclic amines) is 1. The van der Waals surface area contributed by atoms with E-state index in [-0.39, 0.29) is 0 Å². The molecule has 0 amide bonds. The van der Waals surface area contributed by atoms with Crippen molar-refractivity contribution in [2.24, 2.45) is 0 Å². The van der Waals surface area contributed by atoms with E-state index in [1.165, 1.54) is 25.7 Å². The summed E-state index contributed by atoms with van der Waals surface area (Å²) in [6, 6.07) is 0. The molecule has 1 rings (SSSR count). The molecule has 0 aliphatic carbocycles. The van der Waals surface area contributed by atoms with Gasteiger partial charge in [-0.15, -0.1) is 0 Å². The van der Waals surface area contributed by atoms with Gasteiger partial charge in [0.15, 0.2) is 0 Å². The molecule has 1 fully saturated rings. The van der Waals surface area contributed by atoms with E-state index in [1.54, 1.807) is 0 Å². The van der Waals surface area contributed by atoms with Crippen LogP contribution in [0.1, 0.15) is 67.2 Å². The predicted octanol–water partition coefficient (Wildman–Crippen LogP) is 4.08. The Morgan fingerprint density at radius 1 is 0.929 bits per heavy atom. The molecule has 1 heterocycles. The first-order valence-electron chi connectivity index (χ1n) is 6.02. The van der Waals surface area contributed by atoms with Crippen LogP contribution in [0.2, 0.25) is 0 Å². The van der Waals surface area contributed by atoms with E-state index in [9.17, 15) is 0 Å². The van der Waals surface area contributed by atoms with Gasteiger partial charge in [0.2, 0.25) is 0 Å². The Bertz CT molecular complexity index is 143. The summed E-state index contributed by atoms with van der Waals surface area (Å²) in [6.45, 7) is 13.6. The average Bonchev–Trinajstić information content (AvgIpc) is 2.01. The maximum atomic E-state index is 2.52. The van der Waals surface area contributed by atoms with Crippen LogP contribution in [0.4, 0.5) is 0 Å². The Hall–Kier alpha value is -0.0400. The van der Waals surface area contributed by atoms with Crippen molar-refractivity contribution >= 4 is 0 Å². The molecule has 0 unspecified atom stereocenters. The zero-order chi connectivity index (χ0) is 11.4. The lowest BCUT2D eigenvalue weighted by molar-refractivity contribution is -0.00199. The van der Waals surface area contributed by atoms with Gasteiger partial charge in [-0.2, -0.15) is 0 Å². The first-order chi connectivity index (χ1) is 6.28. The topological polar surface area (TPSA) is 3.24 Å². The van der Waals surface area contributed by atoms with E-state index in [0.29, 0.717) is 11.1 Å². The second-order valence-corrected chi connectivity index (χ2v) is 5.74. The molecule has 0 aromatic carbocycles. The standard InChI is InChI=1S/C10H21N.C3H8/c1-9(2)7-6-8-10(3,4)11(9)5;1-3-2/h6-8H2,1-5H3;3H2,1-2H3. The zero-order valence-corrected chi connectivity index (χ0v) is 11.3. The fourth-order valence-corrected chi connectivity index (χ4v) is 2.11. The Balaban J connectivity index is 0.000000500. The number of hydrogen-bond donors (Lipinski definition) is 0. The Kier molecular flexibility index (Phi) is 5.14. The number of hydrogen-bond acceptors (Lipinski definition) is 1. The SMILES string of the molecule is CCC.CN1C(C)(C)CCCC1(C)C. The molecule has 1 heteroatoms. The number of nitrogens with zero attached hydrogens (tertiary/aromatic N) is 1. The lowest BCUT2D eigenvalue weighted by Gasteiger charge is -2.50. The summed E-state index contributed by atoms with van der Waals surface area (Å²) in [4.78, 5) is 2.52. The largest absolute Gasteiger partial charge is 0.296 e. The van der Waals surface area contributed by atoms with Gasteiger partial charge in [-0.05, 0) is 54.0 Å². The monoisotopic (exact) mass is 199 g/mol. The van der Waals surface area contributed by atoms with Crippen LogP contribution in [-0.2, 0) is 0 Å². The van der Waals surface area contributed by atoms with E-state index in [2.05, 4.69) is 53.5 Å². The van der Waals surface area contributed by atoms with E-state index < -0.39 is 0 Å². The van der Waals surface area contributed by atoms with E-state index in [0.717, 1.165) is 0 Å². The highest BCUT2D eigenvalue weighted by molar-refractivity contribution is 4.94. The molecular weight excluding hydrogens is 170 g/mol. The van der Waals surface area contributed by atoms with Gasteiger partial charge in [-0.3, -0.25) is 4.90 Å². The van der Waals surface area contributed by atoms with Crippen molar-refractivity contribution in [3.05, 3.63) is 0 Å². The minimum absolute atomic E-state index is 0.405. The zero-order valence-electron chi connectivity index (χ0n) is 11.3. The fourth-order valence-electron chi connectivity index (χ4n) is 2.11. The highest BCUT2D eigenvalue weighted by Crippen LogP contribution is 2.36. The van der Waals surface area contributed by atoms with Crippen molar-refractivity contribution in [3.8, 4) is 0 Å². The minimum Gasteiger partial charge on any atom is -0.296 e. The molecule has 0 bridgehead atoms. The average molecular weight is 199 g/mol. The van der Waals surface area contributed by atoms with Gasteiger partial charge in [0, 0.05) is 11.1 Å². The van der Waals surface area contributed by atoms with Crippen LogP contribution >= 0.6 is 0 Å². The summed E-state index contributed by atoms with van der Waals surface area (Å²) in [5.74, 6) is 0. The predicted molar refractivity (Wildman–Crippen MR) is 65.7 cm³/mol. The van der Waals surface area contributed by atoms with Gasteiger partial charge in [-0.1, -0.05) is 20.3 Å². The van der Waals surface area contributed by atoms with Crippen molar-refractivity contribution in [1.29, 1.82) is 0 Å². The van der Waals surface area contributed by atoms with Crippen molar-refractivity contribution in [3.63, 3.8) is 0 Å². The van der Waals surface area contributed by atoms with Crippen LogP contribution in [0.5, 0.6) is 0 Å². The quantitative estimate of drug-likeness (QED) is 0.568. The molecule has 86 valence electrons. The first-order valence-corrected chi connectivity index (χ1v) is 6.02. The molecule has 0 atom stereocenters. The fraction of sp³-hybridized carbons (Fsp3) is 1.00. The maximum absolute atomic E-state index is 2.52. The third-order valence-corrected chi connectivity index (χ3v) is 3.39. The smallest absolute Gasteiger partial charge is 0.0155 e. The van der Waals surface area contributed by atoms with Crippen molar-refractivity contribution < 1.29 is 0 Å². The van der Waals surface area contributed by atoms with Crippen LogP contribution in [0.25, 0.3) is 0 Å². The van der Waals surface area contributed by atoms with E-state index in [1.807, 2.05) is 0 Å². The lowest BCUT2D eigenvalue weighted by Crippen LogP contribution is -2.56. The van der Waals surface area contributed by atoms with Crippen molar-refractivity contribution in [2.75, 3.05) is 7.05 Å². The molecule has 1 aliphatic heterocycles. The molecule has 0 aromatic rings. The van der Waals surface area contributed by atoms with Gasteiger partial charge >= 0.3 is 0 Å². The molecule has 0 N–H and O–H groups in total. The summed E-state index contributed by atoms with van der Waals surface area (Å²) in [5.41, 5.74) is 0.809. The van der Waals surface area contributed by atoms with Gasteiger partial charge < -0.3 is 0 Å². The molecule has 0 radical (unpaired) electrons. The third-order valence-electron chi connectivity index (χ3n) is 3.39. The third kappa shape index (κ3) is 3.61. The normalized spacial score (nSPS) is 25.1. The molecule has 1 saturated heterocycles. The van der Waals surface area contributed by atoms with Gasteiger partial charge in [-0.25, -0.2) is 0 Å². The molecule has 0 saturated carbocycles. The Morgan fingerprint density at radius 2 is 1.21 bits per heavy atom. The van der Waals surface area contributed by atoms with E-state index >= 15 is 0 Å². The van der Waals surface area contributed by atoms with Crippen molar-refractivity contribution in [2.45, 2.75) is 78.3 Å². The molecule has 0 spiro atoms. The molecule has 1 aliphatic rings. The van der Waals surface area contributed by atoms with Crippen LogP contribution in [0.15, 0.2) is 0 Å². The lowest BCUT2D eigenvalue weighted by atomic mass is 9.80. The Morgan fingerprint density at radius 3 is 1.43 bits per heavy atom. The number of rotatable bonds is 0. The second-order valence-electron chi connectivity index (χ2n) is 5.74. The van der Waals surface area contributed by atoms with E-state index in [4.69, 9.17) is 0 Å². The molecule has 14 heavy (non-hydrogen) atoms. The summed E-state index contributed by atoms with van der Waals surface area (Å²) in [7, 11) is 2.25. The van der Waals surface area contributed by atoms with Crippen LogP contribution < -0.4 is 0 Å². The molecule has 0 aromatic heterocycles. The highest BCUT2D eigenvalue weighted by Gasteiger charge is 2.37. The maximum Gasteiger partial charge on any atom is 0.0155 e. The number of piperidine rings is 1. The Labute approximate surface area is 90.9 Å². The minimum atomic E-state index is 0.405. The summed E-state index contributed by atoms with van der Waals surface area (Å²) in [5, 5.41) is 0. The van der Waals surface area contributed by atoms with Crippen LogP contribution in [0.3, 0.4) is 0 Å². The second kappa shape index (κ2) is 5.16. The molecule has 1 nitrogen and oxygen atoms in total. The van der Waals surface area contributed by atoms with Crippen molar-refractivity contribution in [1.82, 2.24) is 4.90 Å². The molecular formula is C13H29N.